The Kier molecular flexibility index (Phi) is 31.6. The second-order valence-electron chi connectivity index (χ2n) is 35.0. The maximum atomic E-state index is 13.7. The SMILES string of the molecule is COc1cc(OC)cc(N(CCCN)c2ccc3ncc(-c4cnn(CCS(C)(=O)=O)c4)nc3c2)c1.COc1cc(OC)cc(N(CCCN2CCC(F)C2)c2ccc3ncc(-c4cnn(C)c4)nc3c2)c1.COc1cc(OC)cc(N(CCN2C(C)CCCC2C)c2ccc3ncc(-c4cnn(C)c4)nc3c2)c1.OCCn1cc(-c2cnc3ccc(N(CC4CC4)c4ccccc4)cc3n2)cn1. The molecule has 0 spiro atoms. The van der Waals surface area contributed by atoms with Gasteiger partial charge in [-0.3, -0.25) is 43.6 Å². The van der Waals surface area contributed by atoms with E-state index in [2.05, 4.69) is 156 Å². The van der Waals surface area contributed by atoms with Gasteiger partial charge in [-0.1, -0.05) is 24.6 Å². The molecule has 0 bridgehead atoms. The molecule has 2 aliphatic heterocycles. The average molecular weight is 1890 g/mol. The number of halogens is 1. The molecule has 1 saturated carbocycles. The third kappa shape index (κ3) is 24.7. The Hall–Kier alpha value is -14.3. The van der Waals surface area contributed by atoms with Gasteiger partial charge in [-0.15, -0.1) is 0 Å². The molecule has 8 aromatic carbocycles. The number of alkyl halides is 1. The van der Waals surface area contributed by atoms with Gasteiger partial charge in [0.25, 0.3) is 0 Å². The number of aromatic nitrogens is 16. The van der Waals surface area contributed by atoms with Gasteiger partial charge in [0, 0.05) is 225 Å². The van der Waals surface area contributed by atoms with E-state index in [4.69, 9.17) is 59.2 Å². The summed E-state index contributed by atoms with van der Waals surface area (Å²) >= 11 is 0. The maximum Gasteiger partial charge on any atom is 0.149 e. The van der Waals surface area contributed by atoms with E-state index in [-0.39, 0.29) is 18.9 Å². The highest BCUT2D eigenvalue weighted by Crippen LogP contribution is 2.41. The van der Waals surface area contributed by atoms with Crippen molar-refractivity contribution in [3.05, 3.63) is 232 Å². The van der Waals surface area contributed by atoms with Crippen LogP contribution in [0.15, 0.2) is 232 Å². The van der Waals surface area contributed by atoms with E-state index in [1.54, 1.807) is 105 Å². The van der Waals surface area contributed by atoms with Crippen LogP contribution in [0.4, 0.5) is 49.9 Å². The van der Waals surface area contributed by atoms with Crippen molar-refractivity contribution >= 4 is 99.5 Å². The van der Waals surface area contributed by atoms with Crippen molar-refractivity contribution in [2.75, 3.05) is 140 Å². The van der Waals surface area contributed by atoms with Crippen LogP contribution in [0, 0.1) is 5.92 Å². The van der Waals surface area contributed by atoms with Gasteiger partial charge in [-0.2, -0.15) is 20.4 Å². The third-order valence-electron chi connectivity index (χ3n) is 25.0. The minimum Gasteiger partial charge on any atom is -0.497 e. The molecule has 32 nitrogen and oxygen atoms in total. The van der Waals surface area contributed by atoms with E-state index < -0.39 is 16.0 Å². The summed E-state index contributed by atoms with van der Waals surface area (Å²) < 4.78 is 76.6. The Morgan fingerprint density at radius 2 is 0.797 bits per heavy atom. The number of hydrogen-bond donors (Lipinski definition) is 2. The first-order valence-electron chi connectivity index (χ1n) is 46.6. The lowest BCUT2D eigenvalue weighted by Gasteiger charge is -2.40. The van der Waals surface area contributed by atoms with E-state index in [9.17, 15) is 12.8 Å². The van der Waals surface area contributed by atoms with Gasteiger partial charge in [0.15, 0.2) is 0 Å². The number of anilines is 8. The molecule has 3 fully saturated rings. The smallest absolute Gasteiger partial charge is 0.149 e. The largest absolute Gasteiger partial charge is 0.497 e. The van der Waals surface area contributed by atoms with Crippen LogP contribution in [0.1, 0.15) is 65.2 Å². The molecule has 10 heterocycles. The van der Waals surface area contributed by atoms with Gasteiger partial charge < -0.3 is 63.8 Å². The monoisotopic (exact) mass is 1890 g/mol. The normalized spacial score (nSPS) is 14.9. The molecular weight excluding hydrogens is 1770 g/mol. The number of ether oxygens (including phenoxy) is 6. The summed E-state index contributed by atoms with van der Waals surface area (Å²) in [6, 6.07) is 53.9. The summed E-state index contributed by atoms with van der Waals surface area (Å²) in [5.41, 5.74) is 27.1. The molecule has 16 aromatic rings. The fraction of sp³-hybridized carbons (Fsp3) is 0.346. The number of aliphatic hydroxyl groups excluding tert-OH is 1. The first-order valence-corrected chi connectivity index (χ1v) is 48.7. The van der Waals surface area contributed by atoms with Crippen molar-refractivity contribution in [3.8, 4) is 79.5 Å². The lowest BCUT2D eigenvalue weighted by molar-refractivity contribution is 0.107. The number of fused-ring (bicyclic) bond motifs is 4. The van der Waals surface area contributed by atoms with Crippen LogP contribution >= 0.6 is 0 Å². The third-order valence-corrected chi connectivity index (χ3v) is 25.9. The molecule has 0 radical (unpaired) electrons. The Morgan fingerprint density at radius 1 is 0.413 bits per heavy atom. The number of hydrogen-bond acceptors (Lipinski definition) is 28. The molecule has 2 saturated heterocycles. The summed E-state index contributed by atoms with van der Waals surface area (Å²) in [4.78, 5) is 51.8. The summed E-state index contributed by atoms with van der Waals surface area (Å²) in [7, 11) is 10.6. The van der Waals surface area contributed by atoms with Crippen molar-refractivity contribution in [1.82, 2.24) is 88.8 Å². The van der Waals surface area contributed by atoms with E-state index >= 15 is 0 Å². The van der Waals surface area contributed by atoms with Crippen LogP contribution in [0.25, 0.3) is 89.2 Å². The molecule has 3 N–H and O–H groups in total. The molecule has 8 aromatic heterocycles. The number of piperidine rings is 1. The quantitative estimate of drug-likeness (QED) is 0.0373. The molecule has 3 atom stereocenters. The summed E-state index contributed by atoms with van der Waals surface area (Å²) in [5.74, 6) is 5.13. The zero-order valence-electron chi connectivity index (χ0n) is 80.0. The van der Waals surface area contributed by atoms with E-state index in [1.165, 1.54) is 44.0 Å². The molecule has 138 heavy (non-hydrogen) atoms. The minimum absolute atomic E-state index is 0.0224. The first-order chi connectivity index (χ1) is 67.0. The highest BCUT2D eigenvalue weighted by atomic mass is 32.2. The van der Waals surface area contributed by atoms with E-state index in [1.807, 2.05) is 130 Å². The minimum atomic E-state index is -3.08. The number of methoxy groups -OCH3 is 6. The van der Waals surface area contributed by atoms with Gasteiger partial charge >= 0.3 is 0 Å². The number of sulfone groups is 1. The van der Waals surface area contributed by atoms with Crippen molar-refractivity contribution in [2.24, 2.45) is 25.7 Å². The zero-order chi connectivity index (χ0) is 96.4. The standard InChI is InChI=1S/C29H36N6O2.C27H31FN6O2.C25H30N6O4S.C23H23N5O/c1-20-7-6-8-21(2)34(20)11-12-35(24-13-25(36-4)16-26(14-24)37-5)23-9-10-27-28(15-23)32-29(18-30-27)22-17-31-33(3)19-22;1-32-17-19(15-30-32)27-16-29-25-6-5-21(13-26(25)31-27)34(9-4-8-33-10-7-20(28)18-33)22-11-23(35-2)14-24(12-22)36-3;1-34-21-11-20(12-22(14-21)35-2)31(8-4-7-26)19-5-6-23-24(13-19)29-25(16-27-23)18-15-28-30(17-18)9-10-36(3,32)33;29-11-10-27-16-18(13-25-27)23-14-24-21-9-8-20(12-22(21)26-23)28(15-17-6-7-17)19-4-2-1-3-5-19/h9-10,13-21H,6-8,11-12H2,1-5H3;5-6,11-17,20H,4,7-10,18H2,1-3H3;5-6,11-17H,4,7-10,26H2,1-3H3;1-5,8-9,12-14,16-17,29H,6-7,10-11,15H2. The van der Waals surface area contributed by atoms with Crippen LogP contribution in [-0.2, 0) is 37.0 Å². The molecule has 1 aliphatic carbocycles. The number of aryl methyl sites for hydroxylation is 3. The van der Waals surface area contributed by atoms with Crippen molar-refractivity contribution in [1.29, 1.82) is 0 Å². The Labute approximate surface area is 803 Å². The van der Waals surface area contributed by atoms with Crippen LogP contribution in [-0.4, -0.2) is 241 Å². The fourth-order valence-electron chi connectivity index (χ4n) is 17.3. The number of likely N-dealkylation sites (tertiary alicyclic amines) is 2. The van der Waals surface area contributed by atoms with Crippen LogP contribution < -0.4 is 53.8 Å². The zero-order valence-corrected chi connectivity index (χ0v) is 80.8. The Bertz CT molecular complexity index is 6850. The second kappa shape index (κ2) is 45.1. The lowest BCUT2D eigenvalue weighted by Crippen LogP contribution is -2.46. The highest BCUT2D eigenvalue weighted by molar-refractivity contribution is 7.90. The van der Waals surface area contributed by atoms with Crippen molar-refractivity contribution in [2.45, 2.75) is 96.6 Å². The van der Waals surface area contributed by atoms with Crippen molar-refractivity contribution in [3.63, 3.8) is 0 Å². The average Bonchev–Trinajstić information content (AvgIpc) is 1.42. The van der Waals surface area contributed by atoms with Gasteiger partial charge in [0.05, 0.1) is 185 Å². The molecule has 3 unspecified atom stereocenters. The molecule has 3 aliphatic rings. The van der Waals surface area contributed by atoms with Crippen LogP contribution in [0.5, 0.6) is 34.5 Å². The lowest BCUT2D eigenvalue weighted by atomic mass is 9.97. The topological polar surface area (TPSA) is 330 Å². The predicted molar refractivity (Wildman–Crippen MR) is 541 cm³/mol. The molecule has 718 valence electrons. The van der Waals surface area contributed by atoms with E-state index in [0.717, 1.165) is 193 Å². The Balaban J connectivity index is 0.000000133. The van der Waals surface area contributed by atoms with Gasteiger partial charge in [-0.05, 0) is 163 Å². The van der Waals surface area contributed by atoms with E-state index in [0.29, 0.717) is 73.4 Å². The van der Waals surface area contributed by atoms with Crippen molar-refractivity contribution < 1.29 is 46.3 Å². The number of nitrogens with two attached hydrogens (primary N) is 1. The summed E-state index contributed by atoms with van der Waals surface area (Å²) in [6.07, 6.45) is 30.8. The molecule has 34 heteroatoms. The molecular formula is C104H120FN23O9S. The second-order valence-corrected chi connectivity index (χ2v) is 37.2. The number of nitrogens with zero attached hydrogens (tertiary/aromatic N) is 22. The molecule has 19 rings (SSSR count). The summed E-state index contributed by atoms with van der Waals surface area (Å²) in [6.45, 7) is 12.5. The van der Waals surface area contributed by atoms with Gasteiger partial charge in [-0.25, -0.2) is 32.7 Å². The van der Waals surface area contributed by atoms with Crippen LogP contribution in [0.2, 0.25) is 0 Å². The maximum absolute atomic E-state index is 13.7. The van der Waals surface area contributed by atoms with Gasteiger partial charge in [0.2, 0.25) is 0 Å². The number of para-hydroxylation sites is 1. The van der Waals surface area contributed by atoms with Crippen LogP contribution in [0.3, 0.4) is 0 Å². The van der Waals surface area contributed by atoms with Gasteiger partial charge in [0.1, 0.15) is 50.5 Å². The first kappa shape index (κ1) is 96.8. The highest BCUT2D eigenvalue weighted by Gasteiger charge is 2.29. The Morgan fingerprint density at radius 3 is 1.16 bits per heavy atom. The summed E-state index contributed by atoms with van der Waals surface area (Å²) in [5, 5.41) is 26.2. The predicted octanol–water partition coefficient (Wildman–Crippen LogP) is 17.1. The molecule has 0 amide bonds. The number of aliphatic hydroxyl groups is 1. The number of benzene rings is 8. The fourth-order valence-corrected chi connectivity index (χ4v) is 17.9. The number of rotatable bonds is 35.